The Kier molecular flexibility index (Phi) is 5.34. The van der Waals surface area contributed by atoms with Crippen LogP contribution in [-0.2, 0) is 5.75 Å². The van der Waals surface area contributed by atoms with Crippen molar-refractivity contribution in [3.63, 3.8) is 0 Å². The zero-order chi connectivity index (χ0) is 19.3. The Morgan fingerprint density at radius 3 is 2.79 bits per heavy atom. The largest absolute Gasteiger partial charge is 0.492 e. The van der Waals surface area contributed by atoms with Gasteiger partial charge in [-0.2, -0.15) is 4.68 Å². The summed E-state index contributed by atoms with van der Waals surface area (Å²) in [6.07, 6.45) is 1.62. The normalized spacial score (nSPS) is 10.9. The maximum atomic E-state index is 13.1. The molecule has 0 aliphatic carbocycles. The molecule has 0 aliphatic rings. The molecule has 7 nitrogen and oxygen atoms in total. The summed E-state index contributed by atoms with van der Waals surface area (Å²) in [5, 5.41) is 12.5. The van der Waals surface area contributed by atoms with Crippen LogP contribution in [0.2, 0.25) is 0 Å². The van der Waals surface area contributed by atoms with Crippen molar-refractivity contribution in [1.29, 1.82) is 0 Å². The maximum absolute atomic E-state index is 13.1. The van der Waals surface area contributed by atoms with Crippen LogP contribution in [0.4, 0.5) is 4.39 Å². The van der Waals surface area contributed by atoms with Gasteiger partial charge >= 0.3 is 0 Å². The van der Waals surface area contributed by atoms with Crippen LogP contribution in [-0.4, -0.2) is 31.8 Å². The van der Waals surface area contributed by atoms with Crippen molar-refractivity contribution in [2.45, 2.75) is 17.8 Å². The van der Waals surface area contributed by atoms with E-state index in [2.05, 4.69) is 20.5 Å². The second kappa shape index (κ2) is 8.22. The van der Waals surface area contributed by atoms with E-state index in [9.17, 15) is 4.39 Å². The average molecular weight is 397 g/mol. The predicted octanol–water partition coefficient (Wildman–Crippen LogP) is 4.15. The summed E-state index contributed by atoms with van der Waals surface area (Å²) in [6, 6.07) is 13.6. The molecule has 2 aromatic carbocycles. The molecule has 0 bridgehead atoms. The number of thioether (sulfide) groups is 1. The quantitative estimate of drug-likeness (QED) is 0.434. The molecule has 0 radical (unpaired) electrons. The summed E-state index contributed by atoms with van der Waals surface area (Å²) in [4.78, 5) is 4.28. The number of aromatic nitrogens is 5. The van der Waals surface area contributed by atoms with Crippen molar-refractivity contribution in [2.75, 3.05) is 6.61 Å². The second-order valence-corrected chi connectivity index (χ2v) is 6.63. The summed E-state index contributed by atoms with van der Waals surface area (Å²) in [6.45, 7) is 2.47. The molecule has 9 heteroatoms. The number of hydrogen-bond donors (Lipinski definition) is 0. The SMILES string of the molecule is CCOc1ccccc1-n1nnnc1SCc1ncc(-c2ccc(F)cc2)o1. The minimum Gasteiger partial charge on any atom is -0.492 e. The smallest absolute Gasteiger partial charge is 0.214 e. The number of nitrogens with zero attached hydrogens (tertiary/aromatic N) is 5. The van der Waals surface area contributed by atoms with Gasteiger partial charge in [-0.1, -0.05) is 23.9 Å². The molecule has 0 fully saturated rings. The predicted molar refractivity (Wildman–Crippen MR) is 102 cm³/mol. The first-order valence-corrected chi connectivity index (χ1v) is 9.57. The molecule has 0 atom stereocenters. The number of tetrazole rings is 1. The lowest BCUT2D eigenvalue weighted by atomic mass is 10.2. The summed E-state index contributed by atoms with van der Waals surface area (Å²) in [5.74, 6) is 1.96. The summed E-state index contributed by atoms with van der Waals surface area (Å²) in [7, 11) is 0. The fraction of sp³-hybridized carbons (Fsp3) is 0.158. The van der Waals surface area contributed by atoms with Crippen molar-refractivity contribution in [3.05, 3.63) is 66.4 Å². The molecule has 2 heterocycles. The molecule has 4 rings (SSSR count). The van der Waals surface area contributed by atoms with E-state index in [0.717, 1.165) is 11.3 Å². The van der Waals surface area contributed by atoms with Gasteiger partial charge < -0.3 is 9.15 Å². The Morgan fingerprint density at radius 2 is 1.96 bits per heavy atom. The lowest BCUT2D eigenvalue weighted by molar-refractivity contribution is 0.337. The van der Waals surface area contributed by atoms with Crippen molar-refractivity contribution >= 4 is 11.8 Å². The number of para-hydroxylation sites is 2. The standard InChI is InChI=1S/C19H16FN5O2S/c1-2-26-16-6-4-3-5-15(16)25-19(22-23-24-25)28-12-18-21-11-17(27-18)13-7-9-14(20)10-8-13/h3-11H,2,12H2,1H3. The molecule has 142 valence electrons. The van der Waals surface area contributed by atoms with E-state index < -0.39 is 0 Å². The number of hydrogen-bond acceptors (Lipinski definition) is 7. The van der Waals surface area contributed by atoms with Gasteiger partial charge in [0.05, 0.1) is 18.6 Å². The van der Waals surface area contributed by atoms with Gasteiger partial charge in [0.15, 0.2) is 5.76 Å². The monoisotopic (exact) mass is 397 g/mol. The van der Waals surface area contributed by atoms with Crippen LogP contribution >= 0.6 is 11.8 Å². The summed E-state index contributed by atoms with van der Waals surface area (Å²) >= 11 is 1.39. The number of halogens is 1. The van der Waals surface area contributed by atoms with Crippen LogP contribution in [0.5, 0.6) is 5.75 Å². The van der Waals surface area contributed by atoms with Crippen molar-refractivity contribution < 1.29 is 13.5 Å². The van der Waals surface area contributed by atoms with Crippen LogP contribution in [0, 0.1) is 5.82 Å². The lowest BCUT2D eigenvalue weighted by Crippen LogP contribution is -2.03. The first kappa shape index (κ1) is 18.2. The fourth-order valence-electron chi connectivity index (χ4n) is 2.58. The van der Waals surface area contributed by atoms with Crippen molar-refractivity contribution in [2.24, 2.45) is 0 Å². The van der Waals surface area contributed by atoms with E-state index in [1.54, 1.807) is 23.0 Å². The molecule has 0 N–H and O–H groups in total. The maximum Gasteiger partial charge on any atom is 0.214 e. The molecule has 2 aromatic heterocycles. The Bertz CT molecular complexity index is 1060. The topological polar surface area (TPSA) is 78.9 Å². The summed E-state index contributed by atoms with van der Waals surface area (Å²) in [5.41, 5.74) is 1.52. The Hall–Kier alpha value is -3.20. The first-order chi connectivity index (χ1) is 13.7. The third-order valence-electron chi connectivity index (χ3n) is 3.84. The minimum absolute atomic E-state index is 0.293. The molecule has 0 unspecified atom stereocenters. The molecule has 0 spiro atoms. The number of benzene rings is 2. The Balaban J connectivity index is 1.50. The molecular formula is C19H16FN5O2S. The van der Waals surface area contributed by atoms with Crippen LogP contribution in [0.25, 0.3) is 17.0 Å². The van der Waals surface area contributed by atoms with E-state index in [0.29, 0.717) is 34.9 Å². The Morgan fingerprint density at radius 1 is 1.14 bits per heavy atom. The van der Waals surface area contributed by atoms with Gasteiger partial charge in [-0.05, 0) is 53.7 Å². The third-order valence-corrected chi connectivity index (χ3v) is 4.75. The van der Waals surface area contributed by atoms with Gasteiger partial charge in [-0.3, -0.25) is 0 Å². The van der Waals surface area contributed by atoms with Gasteiger partial charge in [0.25, 0.3) is 0 Å². The fourth-order valence-corrected chi connectivity index (χ4v) is 3.32. The minimum atomic E-state index is -0.293. The highest BCUT2D eigenvalue weighted by Gasteiger charge is 2.15. The highest BCUT2D eigenvalue weighted by atomic mass is 32.2. The molecule has 0 saturated heterocycles. The van der Waals surface area contributed by atoms with Crippen LogP contribution in [0.1, 0.15) is 12.8 Å². The number of oxazole rings is 1. The van der Waals surface area contributed by atoms with Gasteiger partial charge in [-0.15, -0.1) is 5.10 Å². The average Bonchev–Trinajstić information content (AvgIpc) is 3.37. The van der Waals surface area contributed by atoms with E-state index in [1.807, 2.05) is 31.2 Å². The molecule has 0 amide bonds. The van der Waals surface area contributed by atoms with Gasteiger partial charge in [0, 0.05) is 5.56 Å². The van der Waals surface area contributed by atoms with Gasteiger partial charge in [-0.25, -0.2) is 9.37 Å². The van der Waals surface area contributed by atoms with E-state index in [1.165, 1.54) is 23.9 Å². The van der Waals surface area contributed by atoms with Crippen molar-refractivity contribution in [1.82, 2.24) is 25.2 Å². The molecule has 28 heavy (non-hydrogen) atoms. The molecule has 0 aliphatic heterocycles. The Labute approximate surface area is 164 Å². The van der Waals surface area contributed by atoms with E-state index >= 15 is 0 Å². The molecule has 0 saturated carbocycles. The highest BCUT2D eigenvalue weighted by Crippen LogP contribution is 2.28. The van der Waals surface area contributed by atoms with Crippen LogP contribution in [0.3, 0.4) is 0 Å². The number of ether oxygens (including phenoxy) is 1. The van der Waals surface area contributed by atoms with Crippen molar-refractivity contribution in [3.8, 4) is 22.8 Å². The molecule has 4 aromatic rings. The van der Waals surface area contributed by atoms with Gasteiger partial charge in [0.2, 0.25) is 11.0 Å². The summed E-state index contributed by atoms with van der Waals surface area (Å²) < 4.78 is 26.1. The first-order valence-electron chi connectivity index (χ1n) is 8.58. The lowest BCUT2D eigenvalue weighted by Gasteiger charge is -2.10. The zero-order valence-electron chi connectivity index (χ0n) is 14.9. The van der Waals surface area contributed by atoms with Crippen LogP contribution < -0.4 is 4.74 Å². The zero-order valence-corrected chi connectivity index (χ0v) is 15.8. The number of rotatable bonds is 7. The van der Waals surface area contributed by atoms with E-state index in [-0.39, 0.29) is 5.82 Å². The highest BCUT2D eigenvalue weighted by molar-refractivity contribution is 7.98. The second-order valence-electron chi connectivity index (χ2n) is 5.69. The van der Waals surface area contributed by atoms with Crippen LogP contribution in [0.15, 0.2) is 64.3 Å². The molecular weight excluding hydrogens is 381 g/mol. The third kappa shape index (κ3) is 3.89. The van der Waals surface area contributed by atoms with Gasteiger partial charge in [0.1, 0.15) is 17.3 Å². The van der Waals surface area contributed by atoms with E-state index in [4.69, 9.17) is 9.15 Å².